The summed E-state index contributed by atoms with van der Waals surface area (Å²) in [6.07, 6.45) is 0.649. The normalized spacial score (nSPS) is 12.0. The lowest BCUT2D eigenvalue weighted by molar-refractivity contribution is -0.141. The molecule has 4 N–H and O–H groups in total. The van der Waals surface area contributed by atoms with Crippen LogP contribution in [0.25, 0.3) is 0 Å². The van der Waals surface area contributed by atoms with Gasteiger partial charge in [0.05, 0.1) is 6.42 Å². The van der Waals surface area contributed by atoms with E-state index in [1.165, 1.54) is 0 Å². The van der Waals surface area contributed by atoms with Crippen molar-refractivity contribution in [2.45, 2.75) is 25.8 Å². The average molecular weight is 328 g/mol. The number of amides is 1. The molecule has 22 heavy (non-hydrogen) atoms. The molecule has 0 spiro atoms. The first-order chi connectivity index (χ1) is 10.5. The van der Waals surface area contributed by atoms with Crippen LogP contribution in [0.5, 0.6) is 0 Å². The van der Waals surface area contributed by atoms with E-state index in [1.807, 2.05) is 7.05 Å². The number of carbonyl (C=O) groups is 2. The van der Waals surface area contributed by atoms with Gasteiger partial charge in [-0.3, -0.25) is 9.59 Å². The largest absolute Gasteiger partial charge is 0.480 e. The topological polar surface area (TPSA) is 90.5 Å². The third-order valence-corrected chi connectivity index (χ3v) is 3.63. The van der Waals surface area contributed by atoms with Gasteiger partial charge in [0, 0.05) is 10.7 Å². The van der Waals surface area contributed by atoms with Gasteiger partial charge < -0.3 is 21.1 Å². The second kappa shape index (κ2) is 9.40. The Balaban J connectivity index is 2.56. The Morgan fingerprint density at radius 1 is 1.32 bits per heavy atom. The molecule has 1 aromatic rings. The molecular weight excluding hydrogens is 306 g/mol. The van der Waals surface area contributed by atoms with Crippen LogP contribution in [-0.4, -0.2) is 43.2 Å². The predicted molar refractivity (Wildman–Crippen MR) is 87.4 cm³/mol. The summed E-state index contributed by atoms with van der Waals surface area (Å²) in [4.78, 5) is 23.2. The van der Waals surface area contributed by atoms with Gasteiger partial charge in [-0.1, -0.05) is 17.7 Å². The van der Waals surface area contributed by atoms with Crippen LogP contribution >= 0.6 is 11.6 Å². The zero-order chi connectivity index (χ0) is 16.5. The molecule has 0 unspecified atom stereocenters. The third-order valence-electron chi connectivity index (χ3n) is 3.22. The molecule has 0 heterocycles. The van der Waals surface area contributed by atoms with E-state index in [-0.39, 0.29) is 12.3 Å². The minimum Gasteiger partial charge on any atom is -0.480 e. The van der Waals surface area contributed by atoms with Gasteiger partial charge in [-0.2, -0.15) is 0 Å². The van der Waals surface area contributed by atoms with Crippen LogP contribution in [0, 0.1) is 6.92 Å². The van der Waals surface area contributed by atoms with E-state index in [0.717, 1.165) is 18.5 Å². The van der Waals surface area contributed by atoms with Crippen molar-refractivity contribution in [3.05, 3.63) is 28.8 Å². The number of carboxylic acids is 1. The molecule has 0 aliphatic carbocycles. The van der Waals surface area contributed by atoms with Crippen molar-refractivity contribution in [3.63, 3.8) is 0 Å². The fourth-order valence-electron chi connectivity index (χ4n) is 1.92. The molecule has 122 valence electrons. The first-order valence-corrected chi connectivity index (χ1v) is 7.49. The van der Waals surface area contributed by atoms with Gasteiger partial charge in [-0.25, -0.2) is 0 Å². The third kappa shape index (κ3) is 6.01. The van der Waals surface area contributed by atoms with Crippen molar-refractivity contribution < 1.29 is 14.7 Å². The molecule has 0 aliphatic rings. The zero-order valence-corrected chi connectivity index (χ0v) is 13.5. The number of benzene rings is 1. The monoisotopic (exact) mass is 327 g/mol. The molecule has 0 bridgehead atoms. The average Bonchev–Trinajstić information content (AvgIpc) is 2.47. The maximum Gasteiger partial charge on any atom is 0.321 e. The van der Waals surface area contributed by atoms with Crippen LogP contribution in [0.4, 0.5) is 5.69 Å². The number of rotatable bonds is 9. The molecule has 6 nitrogen and oxygen atoms in total. The number of hydrogen-bond donors (Lipinski definition) is 4. The van der Waals surface area contributed by atoms with E-state index in [9.17, 15) is 9.59 Å². The Kier molecular flexibility index (Phi) is 7.87. The highest BCUT2D eigenvalue weighted by Crippen LogP contribution is 2.23. The molecule has 0 saturated carbocycles. The second-order valence-corrected chi connectivity index (χ2v) is 5.37. The van der Waals surface area contributed by atoms with E-state index in [4.69, 9.17) is 16.7 Å². The maximum atomic E-state index is 12.0. The van der Waals surface area contributed by atoms with E-state index >= 15 is 0 Å². The van der Waals surface area contributed by atoms with Crippen LogP contribution < -0.4 is 16.0 Å². The summed E-state index contributed by atoms with van der Waals surface area (Å²) in [6, 6.07) is 4.29. The molecule has 1 amide bonds. The molecule has 1 aromatic carbocycles. The summed E-state index contributed by atoms with van der Waals surface area (Å²) < 4.78 is 0. The van der Waals surface area contributed by atoms with Crippen LogP contribution in [0.15, 0.2) is 18.2 Å². The number of hydrogen-bond acceptors (Lipinski definition) is 4. The first kappa shape index (κ1) is 18.4. The summed E-state index contributed by atoms with van der Waals surface area (Å²) in [7, 11) is 1.83. The Morgan fingerprint density at radius 3 is 2.68 bits per heavy atom. The van der Waals surface area contributed by atoms with Gasteiger partial charge >= 0.3 is 5.97 Å². The van der Waals surface area contributed by atoms with Crippen molar-refractivity contribution in [1.82, 2.24) is 10.6 Å². The molecular formula is C15H22ClN3O3. The Bertz CT molecular complexity index is 523. The van der Waals surface area contributed by atoms with Gasteiger partial charge in [0.1, 0.15) is 6.04 Å². The van der Waals surface area contributed by atoms with Gasteiger partial charge in [0.2, 0.25) is 5.91 Å². The van der Waals surface area contributed by atoms with Crippen molar-refractivity contribution in [2.24, 2.45) is 0 Å². The standard InChI is InChI=1S/C15H22ClN3O3/c1-10-11(16)5-3-6-12(10)19-14(20)9-13(15(21)22)18-8-4-7-17-2/h3,5-6,13,17-18H,4,7-9H2,1-2H3,(H,19,20)(H,21,22)/t13-/m1/s1. The summed E-state index contributed by atoms with van der Waals surface area (Å²) >= 11 is 5.99. The van der Waals surface area contributed by atoms with E-state index in [0.29, 0.717) is 17.3 Å². The van der Waals surface area contributed by atoms with Crippen LogP contribution in [0.2, 0.25) is 5.02 Å². The molecule has 1 rings (SSSR count). The quantitative estimate of drug-likeness (QED) is 0.518. The van der Waals surface area contributed by atoms with E-state index in [2.05, 4.69) is 16.0 Å². The highest BCUT2D eigenvalue weighted by molar-refractivity contribution is 6.31. The summed E-state index contributed by atoms with van der Waals surface area (Å²) in [5.41, 5.74) is 1.35. The number of carbonyl (C=O) groups excluding carboxylic acids is 1. The van der Waals surface area contributed by atoms with Gasteiger partial charge in [0.25, 0.3) is 0 Å². The van der Waals surface area contributed by atoms with Gasteiger partial charge in [0.15, 0.2) is 0 Å². The molecule has 0 fully saturated rings. The van der Waals surface area contributed by atoms with Gasteiger partial charge in [-0.15, -0.1) is 0 Å². The summed E-state index contributed by atoms with van der Waals surface area (Å²) in [5.74, 6) is -1.40. The number of aliphatic carboxylic acids is 1. The second-order valence-electron chi connectivity index (χ2n) is 4.97. The van der Waals surface area contributed by atoms with E-state index in [1.54, 1.807) is 25.1 Å². The van der Waals surface area contributed by atoms with E-state index < -0.39 is 12.0 Å². The van der Waals surface area contributed by atoms with Crippen molar-refractivity contribution in [1.29, 1.82) is 0 Å². The minimum absolute atomic E-state index is 0.138. The van der Waals surface area contributed by atoms with Crippen LogP contribution in [0.3, 0.4) is 0 Å². The molecule has 0 aromatic heterocycles. The summed E-state index contributed by atoms with van der Waals surface area (Å²) in [6.45, 7) is 3.11. The lowest BCUT2D eigenvalue weighted by Gasteiger charge is -2.15. The Hall–Kier alpha value is -1.63. The number of halogens is 1. The first-order valence-electron chi connectivity index (χ1n) is 7.11. The molecule has 1 atom stereocenters. The molecule has 0 saturated heterocycles. The SMILES string of the molecule is CNCCCN[C@H](CC(=O)Nc1cccc(Cl)c1C)C(=O)O. The molecule has 7 heteroatoms. The smallest absolute Gasteiger partial charge is 0.321 e. The number of nitrogens with one attached hydrogen (secondary N) is 3. The minimum atomic E-state index is -1.04. The lowest BCUT2D eigenvalue weighted by atomic mass is 10.1. The molecule has 0 aliphatic heterocycles. The number of anilines is 1. The summed E-state index contributed by atoms with van der Waals surface area (Å²) in [5, 5.41) is 18.3. The maximum absolute atomic E-state index is 12.0. The van der Waals surface area contributed by atoms with Crippen molar-refractivity contribution >= 4 is 29.2 Å². The Morgan fingerprint density at radius 2 is 2.05 bits per heavy atom. The van der Waals surface area contributed by atoms with Crippen LogP contribution in [0.1, 0.15) is 18.4 Å². The molecule has 0 radical (unpaired) electrons. The number of carboxylic acid groups (broad SMARTS) is 1. The fraction of sp³-hybridized carbons (Fsp3) is 0.467. The Labute approximate surface area is 135 Å². The zero-order valence-electron chi connectivity index (χ0n) is 12.8. The van der Waals surface area contributed by atoms with Gasteiger partial charge in [-0.05, 0) is 51.2 Å². The fourth-order valence-corrected chi connectivity index (χ4v) is 2.09. The predicted octanol–water partition coefficient (Wildman–Crippen LogP) is 1.63. The van der Waals surface area contributed by atoms with Crippen molar-refractivity contribution in [3.8, 4) is 0 Å². The highest BCUT2D eigenvalue weighted by atomic mass is 35.5. The highest BCUT2D eigenvalue weighted by Gasteiger charge is 2.20. The van der Waals surface area contributed by atoms with Crippen molar-refractivity contribution in [2.75, 3.05) is 25.5 Å². The lowest BCUT2D eigenvalue weighted by Crippen LogP contribution is -2.40. The van der Waals surface area contributed by atoms with Crippen LogP contribution in [-0.2, 0) is 9.59 Å².